The number of nitrogens with one attached hydrogen (secondary N) is 2. The van der Waals surface area contributed by atoms with Gasteiger partial charge in [0.2, 0.25) is 17.7 Å². The van der Waals surface area contributed by atoms with E-state index in [-0.39, 0.29) is 61.0 Å². The van der Waals surface area contributed by atoms with E-state index in [4.69, 9.17) is 11.1 Å². The molecule has 35 heavy (non-hydrogen) atoms. The summed E-state index contributed by atoms with van der Waals surface area (Å²) < 4.78 is 0. The number of guanidine groups is 1. The van der Waals surface area contributed by atoms with Crippen LogP contribution in [0, 0.1) is 11.3 Å². The normalized spacial score (nSPS) is 22.6. The molecule has 2 atom stereocenters. The van der Waals surface area contributed by atoms with Crippen molar-refractivity contribution < 1.29 is 14.4 Å². The van der Waals surface area contributed by atoms with Gasteiger partial charge in [-0.2, -0.15) is 0 Å². The zero-order valence-corrected chi connectivity index (χ0v) is 21.0. The van der Waals surface area contributed by atoms with Crippen molar-refractivity contribution in [3.05, 3.63) is 35.9 Å². The van der Waals surface area contributed by atoms with E-state index in [0.29, 0.717) is 19.6 Å². The maximum Gasteiger partial charge on any atom is 0.246 e. The van der Waals surface area contributed by atoms with Crippen LogP contribution in [0.15, 0.2) is 30.3 Å². The molecule has 1 saturated carbocycles. The number of hydrogen-bond acceptors (Lipinski definition) is 4. The van der Waals surface area contributed by atoms with Crippen molar-refractivity contribution in [1.82, 2.24) is 20.0 Å². The Bertz CT molecular complexity index is 910. The molecule has 10 heteroatoms. The van der Waals surface area contributed by atoms with Crippen LogP contribution in [-0.2, 0) is 20.8 Å². The highest BCUT2D eigenvalue weighted by atomic mass is 35.5. The number of nitrogens with zero attached hydrogens (tertiary/aromatic N) is 3. The van der Waals surface area contributed by atoms with Crippen molar-refractivity contribution >= 4 is 36.1 Å². The number of amides is 3. The molecule has 2 saturated heterocycles. The Morgan fingerprint density at radius 3 is 2.57 bits per heavy atom. The van der Waals surface area contributed by atoms with E-state index in [9.17, 15) is 14.4 Å². The average molecular weight is 505 g/mol. The molecule has 0 spiro atoms. The highest BCUT2D eigenvalue weighted by Gasteiger charge is 2.45. The summed E-state index contributed by atoms with van der Waals surface area (Å²) >= 11 is 0. The van der Waals surface area contributed by atoms with Gasteiger partial charge in [0.05, 0.1) is 6.42 Å². The molecule has 9 nitrogen and oxygen atoms in total. The zero-order chi connectivity index (χ0) is 24.1. The van der Waals surface area contributed by atoms with Gasteiger partial charge in [0.25, 0.3) is 0 Å². The third-order valence-electron chi connectivity index (χ3n) is 7.09. The highest BCUT2D eigenvalue weighted by Crippen LogP contribution is 2.31. The van der Waals surface area contributed by atoms with Crippen LogP contribution < -0.4 is 11.1 Å². The molecule has 2 aliphatic heterocycles. The molecule has 4 rings (SSSR count). The lowest BCUT2D eigenvalue weighted by atomic mass is 9.98. The van der Waals surface area contributed by atoms with Crippen molar-refractivity contribution in [3.8, 4) is 0 Å². The third-order valence-corrected chi connectivity index (χ3v) is 7.09. The summed E-state index contributed by atoms with van der Waals surface area (Å²) in [6.07, 6.45) is 5.31. The molecule has 0 unspecified atom stereocenters. The first kappa shape index (κ1) is 26.8. The Kier molecular flexibility index (Phi) is 9.37. The van der Waals surface area contributed by atoms with Crippen LogP contribution in [0.5, 0.6) is 0 Å². The van der Waals surface area contributed by atoms with E-state index in [1.54, 1.807) is 9.80 Å². The molecule has 3 fully saturated rings. The van der Waals surface area contributed by atoms with Gasteiger partial charge >= 0.3 is 0 Å². The van der Waals surface area contributed by atoms with Crippen LogP contribution in [-0.4, -0.2) is 83.2 Å². The average Bonchev–Trinajstić information content (AvgIpc) is 3.68. The summed E-state index contributed by atoms with van der Waals surface area (Å²) in [5, 5.41) is 10.6. The predicted octanol–water partition coefficient (Wildman–Crippen LogP) is 1.35. The maximum absolute atomic E-state index is 13.3. The predicted molar refractivity (Wildman–Crippen MR) is 136 cm³/mol. The Hall–Kier alpha value is -2.81. The summed E-state index contributed by atoms with van der Waals surface area (Å²) in [6, 6.07) is 9.48. The smallest absolute Gasteiger partial charge is 0.246 e. The first-order chi connectivity index (χ1) is 16.4. The lowest BCUT2D eigenvalue weighted by Gasteiger charge is -2.40. The molecule has 2 heterocycles. The van der Waals surface area contributed by atoms with Crippen molar-refractivity contribution in [1.29, 1.82) is 5.41 Å². The Morgan fingerprint density at radius 2 is 1.89 bits per heavy atom. The number of rotatable bonds is 9. The van der Waals surface area contributed by atoms with Crippen LogP contribution in [0.25, 0.3) is 0 Å². The van der Waals surface area contributed by atoms with Crippen molar-refractivity contribution in [2.24, 2.45) is 11.7 Å². The molecule has 3 aliphatic rings. The molecule has 1 aliphatic carbocycles. The number of hydrogen-bond donors (Lipinski definition) is 3. The van der Waals surface area contributed by atoms with Crippen molar-refractivity contribution in [2.45, 2.75) is 57.0 Å². The van der Waals surface area contributed by atoms with Gasteiger partial charge in [-0.25, -0.2) is 0 Å². The first-order valence-electron chi connectivity index (χ1n) is 12.4. The topological polar surface area (TPSA) is 123 Å². The standard InChI is InChI=1S/C25H36N6O3.ClH/c26-25(27)29-12-4-9-19(16-29)15-28-22(32)14-21-24(34)31(20-10-11-20)17-23(33)30(21)13-5-8-18-6-2-1-3-7-18;/h1-3,6-7,19-21H,4-5,8-17H2,(H3,26,27)(H,28,32);1H/t19-,21-;/m0./s1. The first-order valence-corrected chi connectivity index (χ1v) is 12.4. The molecule has 0 radical (unpaired) electrons. The second-order valence-electron chi connectivity index (χ2n) is 9.74. The van der Waals surface area contributed by atoms with E-state index in [1.807, 2.05) is 23.1 Å². The van der Waals surface area contributed by atoms with E-state index in [0.717, 1.165) is 45.1 Å². The lowest BCUT2D eigenvalue weighted by molar-refractivity contribution is -0.157. The largest absolute Gasteiger partial charge is 0.370 e. The Morgan fingerprint density at radius 1 is 1.14 bits per heavy atom. The number of aryl methyl sites for hydroxylation is 1. The van der Waals surface area contributed by atoms with Gasteiger partial charge < -0.3 is 25.8 Å². The Balaban J connectivity index is 0.00000342. The number of halogens is 1. The van der Waals surface area contributed by atoms with Crippen LogP contribution in [0.1, 0.15) is 44.1 Å². The lowest BCUT2D eigenvalue weighted by Crippen LogP contribution is -2.61. The molecule has 3 amide bonds. The second-order valence-corrected chi connectivity index (χ2v) is 9.74. The quantitative estimate of drug-likeness (QED) is 0.346. The SMILES string of the molecule is Cl.N=C(N)N1CCC[C@@H](CNC(=O)C[C@H]2C(=O)N(C3CC3)CC(=O)N2CCCc2ccccc2)C1. The van der Waals surface area contributed by atoms with E-state index in [2.05, 4.69) is 17.4 Å². The molecule has 0 aromatic heterocycles. The van der Waals surface area contributed by atoms with Gasteiger partial charge in [0, 0.05) is 32.2 Å². The fourth-order valence-corrected chi connectivity index (χ4v) is 5.04. The molecule has 4 N–H and O–H groups in total. The number of carbonyl (C=O) groups excluding carboxylic acids is 3. The monoisotopic (exact) mass is 504 g/mol. The van der Waals surface area contributed by atoms with Crippen LogP contribution >= 0.6 is 12.4 Å². The maximum atomic E-state index is 13.3. The van der Waals surface area contributed by atoms with Gasteiger partial charge in [-0.1, -0.05) is 30.3 Å². The van der Waals surface area contributed by atoms with Crippen LogP contribution in [0.3, 0.4) is 0 Å². The van der Waals surface area contributed by atoms with Gasteiger partial charge in [-0.3, -0.25) is 19.8 Å². The molecular formula is C25H37ClN6O3. The number of piperidine rings is 1. The highest BCUT2D eigenvalue weighted by molar-refractivity contribution is 5.97. The zero-order valence-electron chi connectivity index (χ0n) is 20.2. The van der Waals surface area contributed by atoms with Crippen LogP contribution in [0.4, 0.5) is 0 Å². The second kappa shape index (κ2) is 12.2. The summed E-state index contributed by atoms with van der Waals surface area (Å²) in [4.78, 5) is 44.2. The molecule has 1 aromatic carbocycles. The molecule has 192 valence electrons. The molecule has 1 aromatic rings. The minimum Gasteiger partial charge on any atom is -0.370 e. The summed E-state index contributed by atoms with van der Waals surface area (Å²) in [5.74, 6) is -0.0974. The van der Waals surface area contributed by atoms with Crippen molar-refractivity contribution in [2.75, 3.05) is 32.7 Å². The van der Waals surface area contributed by atoms with E-state index < -0.39 is 6.04 Å². The van der Waals surface area contributed by atoms with Crippen LogP contribution in [0.2, 0.25) is 0 Å². The molecule has 0 bridgehead atoms. The van der Waals surface area contributed by atoms with E-state index >= 15 is 0 Å². The van der Waals surface area contributed by atoms with Gasteiger partial charge in [-0.15, -0.1) is 12.4 Å². The van der Waals surface area contributed by atoms with Gasteiger partial charge in [0.15, 0.2) is 5.96 Å². The minimum atomic E-state index is -0.738. The van der Waals surface area contributed by atoms with E-state index in [1.165, 1.54) is 5.56 Å². The number of likely N-dealkylation sites (tertiary alicyclic amines) is 1. The van der Waals surface area contributed by atoms with Gasteiger partial charge in [-0.05, 0) is 50.0 Å². The number of piperazine rings is 1. The summed E-state index contributed by atoms with van der Waals surface area (Å²) in [6.45, 7) is 2.49. The molecular weight excluding hydrogens is 468 g/mol. The fourth-order valence-electron chi connectivity index (χ4n) is 5.04. The third kappa shape index (κ3) is 7.10. The van der Waals surface area contributed by atoms with Gasteiger partial charge in [0.1, 0.15) is 12.6 Å². The number of benzene rings is 1. The number of carbonyl (C=O) groups is 3. The van der Waals surface area contributed by atoms with Crippen molar-refractivity contribution in [3.63, 3.8) is 0 Å². The Labute approximate surface area is 213 Å². The summed E-state index contributed by atoms with van der Waals surface area (Å²) in [7, 11) is 0. The fraction of sp³-hybridized carbons (Fsp3) is 0.600. The number of nitrogens with two attached hydrogens (primary N) is 1. The minimum absolute atomic E-state index is 0. The summed E-state index contributed by atoms with van der Waals surface area (Å²) in [5.41, 5.74) is 6.81.